The Hall–Kier alpha value is -1.32. The molecule has 4 heteroatoms. The molecule has 1 rings (SSSR count). The molecule has 0 aliphatic heterocycles. The molecule has 112 valence electrons. The second-order valence-electron chi connectivity index (χ2n) is 5.02. The molecule has 0 saturated carbocycles. The fourth-order valence-electron chi connectivity index (χ4n) is 2.14. The van der Waals surface area contributed by atoms with E-state index in [2.05, 4.69) is 6.92 Å². The Labute approximate surface area is 118 Å². The van der Waals surface area contributed by atoms with Crippen molar-refractivity contribution in [1.29, 1.82) is 0 Å². The molecule has 1 aromatic carbocycles. The molecular weight excluding hydrogens is 265 g/mol. The summed E-state index contributed by atoms with van der Waals surface area (Å²) in [6, 6.07) is 4.41. The molecule has 0 aliphatic rings. The maximum absolute atomic E-state index is 12.5. The van der Waals surface area contributed by atoms with E-state index in [0.29, 0.717) is 0 Å². The van der Waals surface area contributed by atoms with Gasteiger partial charge in [0.25, 0.3) is 5.78 Å². The Morgan fingerprint density at radius 1 is 1.00 bits per heavy atom. The van der Waals surface area contributed by atoms with Crippen LogP contribution in [0.2, 0.25) is 0 Å². The van der Waals surface area contributed by atoms with E-state index in [1.165, 1.54) is 12.1 Å². The summed E-state index contributed by atoms with van der Waals surface area (Å²) in [5.41, 5.74) is 1.71. The van der Waals surface area contributed by atoms with Gasteiger partial charge in [-0.25, -0.2) is 0 Å². The van der Waals surface area contributed by atoms with Crippen molar-refractivity contribution in [2.45, 2.75) is 58.5 Å². The molecule has 1 nitrogen and oxygen atoms in total. The third-order valence-corrected chi connectivity index (χ3v) is 3.33. The maximum Gasteiger partial charge on any atom is 0.454 e. The van der Waals surface area contributed by atoms with E-state index >= 15 is 0 Å². The number of benzene rings is 1. The van der Waals surface area contributed by atoms with Crippen molar-refractivity contribution in [1.82, 2.24) is 0 Å². The zero-order chi connectivity index (χ0) is 15.2. The monoisotopic (exact) mass is 286 g/mol. The van der Waals surface area contributed by atoms with Crippen molar-refractivity contribution in [2.24, 2.45) is 0 Å². The highest BCUT2D eigenvalue weighted by Gasteiger charge is 2.39. The minimum absolute atomic E-state index is 0.246. The Kier molecular flexibility index (Phi) is 6.24. The molecular formula is C16H21F3O. The lowest BCUT2D eigenvalue weighted by Crippen LogP contribution is -2.23. The van der Waals surface area contributed by atoms with Gasteiger partial charge in [0.05, 0.1) is 0 Å². The van der Waals surface area contributed by atoms with Gasteiger partial charge in [-0.15, -0.1) is 0 Å². The molecule has 0 radical (unpaired) electrons. The highest BCUT2D eigenvalue weighted by molar-refractivity contribution is 6.00. The predicted octanol–water partition coefficient (Wildman–Crippen LogP) is 5.12. The summed E-state index contributed by atoms with van der Waals surface area (Å²) in [6.45, 7) is 4.11. The summed E-state index contributed by atoms with van der Waals surface area (Å²) in [7, 11) is 0. The van der Waals surface area contributed by atoms with Crippen molar-refractivity contribution in [3.63, 3.8) is 0 Å². The number of hydrogen-bond acceptors (Lipinski definition) is 1. The summed E-state index contributed by atoms with van der Waals surface area (Å²) < 4.78 is 37.4. The van der Waals surface area contributed by atoms with Gasteiger partial charge in [-0.05, 0) is 42.9 Å². The first-order valence-electron chi connectivity index (χ1n) is 7.13. The number of aryl methyl sites for hydroxylation is 2. The number of Topliss-reactive ketones (excluding diaryl/α,β-unsaturated/α-hetero) is 1. The fraction of sp³-hybridized carbons (Fsp3) is 0.562. The Morgan fingerprint density at radius 2 is 1.55 bits per heavy atom. The van der Waals surface area contributed by atoms with Gasteiger partial charge in [0.15, 0.2) is 0 Å². The van der Waals surface area contributed by atoms with E-state index in [9.17, 15) is 18.0 Å². The first-order valence-corrected chi connectivity index (χ1v) is 7.13. The number of hydrogen-bond donors (Lipinski definition) is 0. The molecule has 20 heavy (non-hydrogen) atoms. The van der Waals surface area contributed by atoms with E-state index in [4.69, 9.17) is 0 Å². The summed E-state index contributed by atoms with van der Waals surface area (Å²) >= 11 is 0. The molecule has 0 unspecified atom stereocenters. The Morgan fingerprint density at radius 3 is 2.05 bits per heavy atom. The highest BCUT2D eigenvalue weighted by Crippen LogP contribution is 2.24. The number of alkyl halides is 3. The second-order valence-corrected chi connectivity index (χ2v) is 5.02. The molecule has 1 aromatic rings. The van der Waals surface area contributed by atoms with Crippen LogP contribution in [0.5, 0.6) is 0 Å². The molecule has 0 atom stereocenters. The standard InChI is InChI=1S/C16H21F3O/c1-3-5-7-12-9-10-14(15(20)16(17,18)19)11-13(12)8-6-4-2/h9-11H,3-8H2,1-2H3. The minimum Gasteiger partial charge on any atom is -0.284 e. The molecule has 0 amide bonds. The first-order chi connectivity index (χ1) is 9.40. The number of halogens is 3. The smallest absolute Gasteiger partial charge is 0.284 e. The average Bonchev–Trinajstić information content (AvgIpc) is 2.41. The normalized spacial score (nSPS) is 11.7. The van der Waals surface area contributed by atoms with Crippen molar-refractivity contribution < 1.29 is 18.0 Å². The molecule has 0 saturated heterocycles. The van der Waals surface area contributed by atoms with Crippen molar-refractivity contribution in [3.05, 3.63) is 34.9 Å². The van der Waals surface area contributed by atoms with E-state index in [1.807, 2.05) is 6.92 Å². The van der Waals surface area contributed by atoms with Gasteiger partial charge in [0.2, 0.25) is 0 Å². The minimum atomic E-state index is -4.80. The van der Waals surface area contributed by atoms with E-state index in [0.717, 1.165) is 49.7 Å². The van der Waals surface area contributed by atoms with Gasteiger partial charge in [-0.2, -0.15) is 13.2 Å². The third-order valence-electron chi connectivity index (χ3n) is 3.33. The summed E-state index contributed by atoms with van der Waals surface area (Å²) in [4.78, 5) is 11.3. The largest absolute Gasteiger partial charge is 0.454 e. The molecule has 0 fully saturated rings. The van der Waals surface area contributed by atoms with E-state index in [1.54, 1.807) is 6.07 Å². The fourth-order valence-corrected chi connectivity index (χ4v) is 2.14. The zero-order valence-electron chi connectivity index (χ0n) is 12.0. The molecule has 0 bridgehead atoms. The lowest BCUT2D eigenvalue weighted by Gasteiger charge is -2.12. The third kappa shape index (κ3) is 4.66. The van der Waals surface area contributed by atoms with Gasteiger partial charge >= 0.3 is 6.18 Å². The van der Waals surface area contributed by atoms with Crippen LogP contribution in [0, 0.1) is 0 Å². The van der Waals surface area contributed by atoms with Crippen LogP contribution in [0.1, 0.15) is 61.0 Å². The van der Waals surface area contributed by atoms with Gasteiger partial charge in [-0.3, -0.25) is 4.79 Å². The van der Waals surface area contributed by atoms with Crippen LogP contribution in [-0.4, -0.2) is 12.0 Å². The Balaban J connectivity index is 3.03. The zero-order valence-corrected chi connectivity index (χ0v) is 12.0. The molecule has 0 aromatic heterocycles. The van der Waals surface area contributed by atoms with Gasteiger partial charge in [-0.1, -0.05) is 38.8 Å². The number of carbonyl (C=O) groups is 1. The van der Waals surface area contributed by atoms with Crippen molar-refractivity contribution in [3.8, 4) is 0 Å². The number of carbonyl (C=O) groups excluding carboxylic acids is 1. The van der Waals surface area contributed by atoms with E-state index < -0.39 is 12.0 Å². The average molecular weight is 286 g/mol. The topological polar surface area (TPSA) is 17.1 Å². The summed E-state index contributed by atoms with van der Waals surface area (Å²) in [5, 5.41) is 0. The van der Waals surface area contributed by atoms with Crippen LogP contribution in [0.3, 0.4) is 0 Å². The summed E-state index contributed by atoms with van der Waals surface area (Å²) in [5.74, 6) is -1.75. The van der Waals surface area contributed by atoms with E-state index in [-0.39, 0.29) is 5.56 Å². The maximum atomic E-state index is 12.5. The SMILES string of the molecule is CCCCc1ccc(C(=O)C(F)(F)F)cc1CCCC. The van der Waals surface area contributed by atoms with Crippen LogP contribution in [0.15, 0.2) is 18.2 Å². The van der Waals surface area contributed by atoms with Gasteiger partial charge in [0, 0.05) is 5.56 Å². The Bertz CT molecular complexity index is 450. The molecule has 0 spiro atoms. The molecule has 0 heterocycles. The van der Waals surface area contributed by atoms with Gasteiger partial charge in [0.1, 0.15) is 0 Å². The first kappa shape index (κ1) is 16.7. The number of rotatable bonds is 7. The number of ketones is 1. The number of unbranched alkanes of at least 4 members (excludes halogenated alkanes) is 2. The van der Waals surface area contributed by atoms with Gasteiger partial charge < -0.3 is 0 Å². The molecule has 0 N–H and O–H groups in total. The van der Waals surface area contributed by atoms with Crippen LogP contribution in [-0.2, 0) is 12.8 Å². The van der Waals surface area contributed by atoms with Crippen molar-refractivity contribution >= 4 is 5.78 Å². The second kappa shape index (κ2) is 7.46. The summed E-state index contributed by atoms with van der Waals surface area (Å²) in [6.07, 6.45) is 0.729. The van der Waals surface area contributed by atoms with Crippen LogP contribution < -0.4 is 0 Å². The van der Waals surface area contributed by atoms with Crippen LogP contribution in [0.4, 0.5) is 13.2 Å². The van der Waals surface area contributed by atoms with Crippen molar-refractivity contribution in [2.75, 3.05) is 0 Å². The predicted molar refractivity (Wildman–Crippen MR) is 74.1 cm³/mol. The lowest BCUT2D eigenvalue weighted by molar-refractivity contribution is -0.0885. The lowest BCUT2D eigenvalue weighted by atomic mass is 9.94. The molecule has 0 aliphatic carbocycles. The van der Waals surface area contributed by atoms with Crippen LogP contribution in [0.25, 0.3) is 0 Å². The van der Waals surface area contributed by atoms with Crippen LogP contribution >= 0.6 is 0 Å². The highest BCUT2D eigenvalue weighted by atomic mass is 19.4. The quantitative estimate of drug-likeness (QED) is 0.636.